The van der Waals surface area contributed by atoms with Crippen molar-refractivity contribution in [3.63, 3.8) is 0 Å². The molecule has 0 aliphatic heterocycles. The maximum absolute atomic E-state index is 13.7. The third-order valence-corrected chi connectivity index (χ3v) is 8.07. The van der Waals surface area contributed by atoms with Gasteiger partial charge in [0.2, 0.25) is 0 Å². The molecule has 5 nitrogen and oxygen atoms in total. The molecule has 5 heteroatoms. The summed E-state index contributed by atoms with van der Waals surface area (Å²) < 4.78 is 5.61. The summed E-state index contributed by atoms with van der Waals surface area (Å²) in [7, 11) is 0. The lowest BCUT2D eigenvalue weighted by molar-refractivity contribution is -0.142. The van der Waals surface area contributed by atoms with E-state index in [1.165, 1.54) is 0 Å². The molecule has 0 heterocycles. The molecule has 0 unspecified atom stereocenters. The minimum atomic E-state index is -1.03. The largest absolute Gasteiger partial charge is 0.490 e. The Labute approximate surface area is 228 Å². The summed E-state index contributed by atoms with van der Waals surface area (Å²) >= 11 is 0. The number of ether oxygens (including phenoxy) is 1. The Morgan fingerprint density at radius 3 is 1.44 bits per heavy atom. The van der Waals surface area contributed by atoms with Crippen LogP contribution in [0.1, 0.15) is 60.1 Å². The van der Waals surface area contributed by atoms with Gasteiger partial charge in [0.1, 0.15) is 35.5 Å². The van der Waals surface area contributed by atoms with Crippen molar-refractivity contribution in [3.8, 4) is 5.75 Å². The van der Waals surface area contributed by atoms with Crippen LogP contribution in [0.15, 0.2) is 97.6 Å². The van der Waals surface area contributed by atoms with Crippen molar-refractivity contribution in [2.24, 2.45) is 11.8 Å². The Morgan fingerprint density at radius 1 is 0.641 bits per heavy atom. The van der Waals surface area contributed by atoms with Gasteiger partial charge in [-0.05, 0) is 40.7 Å². The molecule has 2 aliphatic carbocycles. The molecule has 198 valence electrons. The fraction of sp³-hybridized carbons (Fsp3) is 0.294. The van der Waals surface area contributed by atoms with Crippen LogP contribution in [0, 0.1) is 11.8 Å². The van der Waals surface area contributed by atoms with E-state index in [2.05, 4.69) is 6.58 Å². The molecule has 5 rings (SSSR count). The Morgan fingerprint density at radius 2 is 1.05 bits per heavy atom. The molecule has 3 aromatic carbocycles. The second kappa shape index (κ2) is 11.7. The molecule has 0 radical (unpaired) electrons. The van der Waals surface area contributed by atoms with Gasteiger partial charge in [-0.3, -0.25) is 19.2 Å². The number of carbonyl (C=O) groups excluding carboxylic acids is 4. The zero-order valence-electron chi connectivity index (χ0n) is 21.8. The summed E-state index contributed by atoms with van der Waals surface area (Å²) in [4.78, 5) is 54.7. The van der Waals surface area contributed by atoms with Crippen molar-refractivity contribution in [3.05, 3.63) is 114 Å². The molecule has 3 aromatic rings. The molecular weight excluding hydrogens is 488 g/mol. The number of carbonyl (C=O) groups is 4. The van der Waals surface area contributed by atoms with Gasteiger partial charge < -0.3 is 4.74 Å². The van der Waals surface area contributed by atoms with Gasteiger partial charge >= 0.3 is 0 Å². The van der Waals surface area contributed by atoms with E-state index < -0.39 is 17.8 Å². The van der Waals surface area contributed by atoms with Gasteiger partial charge in [0.05, 0.1) is 11.8 Å². The lowest BCUT2D eigenvalue weighted by Crippen LogP contribution is -2.45. The Bertz CT molecular complexity index is 1240. The molecular formula is C34H32O5. The van der Waals surface area contributed by atoms with Gasteiger partial charge in [-0.15, -0.1) is 0 Å². The number of ketones is 4. The molecule has 2 fully saturated rings. The van der Waals surface area contributed by atoms with E-state index in [1.54, 1.807) is 30.3 Å². The van der Waals surface area contributed by atoms with Crippen LogP contribution in [0.5, 0.6) is 5.75 Å². The zero-order chi connectivity index (χ0) is 27.4. The molecule has 2 saturated carbocycles. The highest BCUT2D eigenvalue weighted by Crippen LogP contribution is 2.46. The van der Waals surface area contributed by atoms with Crippen LogP contribution in [0.25, 0.3) is 0 Å². The highest BCUT2D eigenvalue weighted by Gasteiger charge is 2.50. The Hall–Kier alpha value is -4.12. The second-order valence-corrected chi connectivity index (χ2v) is 10.5. The van der Waals surface area contributed by atoms with Crippen molar-refractivity contribution in [2.45, 2.75) is 43.4 Å². The molecule has 0 atom stereocenters. The van der Waals surface area contributed by atoms with Gasteiger partial charge in [0.25, 0.3) is 0 Å². The fourth-order valence-electron chi connectivity index (χ4n) is 6.22. The summed E-state index contributed by atoms with van der Waals surface area (Å²) in [6.07, 6.45) is 2.47. The first-order valence-electron chi connectivity index (χ1n) is 13.5. The minimum absolute atomic E-state index is 0.196. The lowest BCUT2D eigenvalue weighted by Gasteiger charge is -2.38. The Kier molecular flexibility index (Phi) is 7.97. The van der Waals surface area contributed by atoms with Gasteiger partial charge in [-0.2, -0.15) is 0 Å². The minimum Gasteiger partial charge on any atom is -0.490 e. The first-order chi connectivity index (χ1) is 19.0. The van der Waals surface area contributed by atoms with Crippen molar-refractivity contribution in [2.75, 3.05) is 6.61 Å². The number of Topliss-reactive ketones (excluding diaryl/α,β-unsaturated/α-hetero) is 4. The summed E-state index contributed by atoms with van der Waals surface area (Å²) in [5.41, 5.74) is 2.54. The van der Waals surface area contributed by atoms with E-state index in [4.69, 9.17) is 4.74 Å². The molecule has 0 aromatic heterocycles. The van der Waals surface area contributed by atoms with E-state index in [-0.39, 0.29) is 60.7 Å². The van der Waals surface area contributed by atoms with E-state index >= 15 is 0 Å². The van der Waals surface area contributed by atoms with Crippen molar-refractivity contribution in [1.29, 1.82) is 0 Å². The summed E-state index contributed by atoms with van der Waals surface area (Å²) in [6, 6.07) is 26.2. The second-order valence-electron chi connectivity index (χ2n) is 10.5. The van der Waals surface area contributed by atoms with Gasteiger partial charge in [0.15, 0.2) is 0 Å². The number of rotatable bonds is 8. The van der Waals surface area contributed by atoms with Crippen LogP contribution in [0.2, 0.25) is 0 Å². The number of benzene rings is 3. The quantitative estimate of drug-likeness (QED) is 0.269. The molecule has 0 bridgehead atoms. The predicted molar refractivity (Wildman–Crippen MR) is 149 cm³/mol. The highest BCUT2D eigenvalue weighted by molar-refractivity contribution is 6.11. The van der Waals surface area contributed by atoms with Gasteiger partial charge in [-0.25, -0.2) is 0 Å². The molecule has 0 saturated heterocycles. The van der Waals surface area contributed by atoms with Crippen molar-refractivity contribution >= 4 is 23.1 Å². The first kappa shape index (κ1) is 26.5. The standard InChI is InChI=1S/C34H32O5/c1-2-17-39-27-15-13-24(14-16-27)32(33-28(35)18-25(19-29(33)36)22-9-5-3-6-10-22)34-30(37)20-26(21-31(34)38)23-11-7-4-8-12-23/h2-16,25-26,32-34H,1,17-21H2. The van der Waals surface area contributed by atoms with Gasteiger partial charge in [0, 0.05) is 31.6 Å². The van der Waals surface area contributed by atoms with Crippen LogP contribution >= 0.6 is 0 Å². The average molecular weight is 521 g/mol. The average Bonchev–Trinajstić information content (AvgIpc) is 2.95. The predicted octanol–water partition coefficient (Wildman–Crippen LogP) is 6.00. The molecule has 39 heavy (non-hydrogen) atoms. The third kappa shape index (κ3) is 5.68. The van der Waals surface area contributed by atoms with E-state index in [0.717, 1.165) is 11.1 Å². The normalized spacial score (nSPS) is 24.3. The molecule has 2 aliphatic rings. The first-order valence-corrected chi connectivity index (χ1v) is 13.5. The zero-order valence-corrected chi connectivity index (χ0v) is 21.8. The van der Waals surface area contributed by atoms with E-state index in [0.29, 0.717) is 17.9 Å². The van der Waals surface area contributed by atoms with Gasteiger partial charge in [-0.1, -0.05) is 85.5 Å². The van der Waals surface area contributed by atoms with Crippen LogP contribution < -0.4 is 4.74 Å². The van der Waals surface area contributed by atoms with Crippen LogP contribution in [-0.2, 0) is 19.2 Å². The Balaban J connectivity index is 1.47. The number of hydrogen-bond acceptors (Lipinski definition) is 5. The SMILES string of the molecule is C=CCOc1ccc(C(C2C(=O)CC(c3ccccc3)CC2=O)C2C(=O)CC(c3ccccc3)CC2=O)cc1. The summed E-state index contributed by atoms with van der Waals surface area (Å²) in [5, 5.41) is 0. The lowest BCUT2D eigenvalue weighted by atomic mass is 9.62. The molecule has 0 N–H and O–H groups in total. The number of hydrogen-bond donors (Lipinski definition) is 0. The van der Waals surface area contributed by atoms with E-state index in [9.17, 15) is 19.2 Å². The maximum Gasteiger partial charge on any atom is 0.144 e. The van der Waals surface area contributed by atoms with Crippen molar-refractivity contribution < 1.29 is 23.9 Å². The fourth-order valence-corrected chi connectivity index (χ4v) is 6.22. The molecule has 0 amide bonds. The summed E-state index contributed by atoms with van der Waals surface area (Å²) in [5.74, 6) is -3.50. The molecule has 0 spiro atoms. The third-order valence-electron chi connectivity index (χ3n) is 8.07. The highest BCUT2D eigenvalue weighted by atomic mass is 16.5. The van der Waals surface area contributed by atoms with Crippen LogP contribution in [0.4, 0.5) is 0 Å². The van der Waals surface area contributed by atoms with Crippen molar-refractivity contribution in [1.82, 2.24) is 0 Å². The van der Waals surface area contributed by atoms with E-state index in [1.807, 2.05) is 60.7 Å². The monoisotopic (exact) mass is 520 g/mol. The maximum atomic E-state index is 13.7. The van der Waals surface area contributed by atoms with Crippen LogP contribution in [0.3, 0.4) is 0 Å². The van der Waals surface area contributed by atoms with Crippen LogP contribution in [-0.4, -0.2) is 29.7 Å². The summed E-state index contributed by atoms with van der Waals surface area (Å²) in [6.45, 7) is 4.00. The topological polar surface area (TPSA) is 77.5 Å². The smallest absolute Gasteiger partial charge is 0.144 e.